The van der Waals surface area contributed by atoms with Crippen molar-refractivity contribution in [3.05, 3.63) is 18.1 Å². The number of aliphatic hydroxyl groups is 1. The molecule has 0 radical (unpaired) electrons. The zero-order valence-corrected chi connectivity index (χ0v) is 8.40. The van der Waals surface area contributed by atoms with Gasteiger partial charge in [0.05, 0.1) is 19.3 Å². The molecule has 0 aromatic carbocycles. The van der Waals surface area contributed by atoms with E-state index < -0.39 is 0 Å². The number of nitrogens with one attached hydrogen (secondary N) is 1. The summed E-state index contributed by atoms with van der Waals surface area (Å²) in [6.07, 6.45) is 1.67. The van der Waals surface area contributed by atoms with Crippen LogP contribution >= 0.6 is 0 Å². The Bertz CT molecular complexity index is 281. The predicted molar refractivity (Wildman–Crippen MR) is 53.1 cm³/mol. The first kappa shape index (κ1) is 10.9. The number of hydrogen-bond donors (Lipinski definition) is 2. The molecule has 1 unspecified atom stereocenters. The zero-order valence-electron chi connectivity index (χ0n) is 8.40. The molecule has 14 heavy (non-hydrogen) atoms. The third-order valence-corrected chi connectivity index (χ3v) is 1.72. The lowest BCUT2D eigenvalue weighted by molar-refractivity contribution is 0.153. The molecule has 0 aliphatic carbocycles. The van der Waals surface area contributed by atoms with E-state index in [0.717, 1.165) is 0 Å². The zero-order chi connectivity index (χ0) is 10.4. The van der Waals surface area contributed by atoms with Crippen molar-refractivity contribution in [2.24, 2.45) is 0 Å². The van der Waals surface area contributed by atoms with Crippen molar-refractivity contribution in [2.75, 3.05) is 25.6 Å². The molecule has 1 rings (SSSR count). The number of nitrogens with zero attached hydrogens (tertiary/aromatic N) is 2. The summed E-state index contributed by atoms with van der Waals surface area (Å²) in [6.45, 7) is 2.27. The fraction of sp³-hybridized carbons (Fsp3) is 0.556. The maximum absolute atomic E-state index is 9.00. The summed E-state index contributed by atoms with van der Waals surface area (Å²) >= 11 is 0. The van der Waals surface area contributed by atoms with Crippen molar-refractivity contribution in [3.8, 4) is 0 Å². The van der Waals surface area contributed by atoms with Gasteiger partial charge in [0.25, 0.3) is 0 Å². The van der Waals surface area contributed by atoms with E-state index in [1.54, 1.807) is 19.4 Å². The molecule has 78 valence electrons. The number of hydrogen-bond acceptors (Lipinski definition) is 5. The van der Waals surface area contributed by atoms with Gasteiger partial charge in [-0.05, 0) is 13.0 Å². The van der Waals surface area contributed by atoms with Gasteiger partial charge in [-0.15, -0.1) is 0 Å². The second-order valence-electron chi connectivity index (χ2n) is 2.97. The van der Waals surface area contributed by atoms with Crippen molar-refractivity contribution < 1.29 is 9.84 Å². The monoisotopic (exact) mass is 197 g/mol. The Morgan fingerprint density at radius 1 is 1.64 bits per heavy atom. The molecule has 0 bridgehead atoms. The fourth-order valence-electron chi connectivity index (χ4n) is 1.09. The number of aromatic nitrogens is 2. The number of ether oxygens (including phenoxy) is 1. The molecular weight excluding hydrogens is 182 g/mol. The van der Waals surface area contributed by atoms with Crippen LogP contribution < -0.4 is 5.32 Å². The summed E-state index contributed by atoms with van der Waals surface area (Å²) in [5, 5.41) is 12.0. The van der Waals surface area contributed by atoms with Gasteiger partial charge in [0.1, 0.15) is 11.6 Å². The molecule has 0 fully saturated rings. The van der Waals surface area contributed by atoms with E-state index in [2.05, 4.69) is 15.3 Å². The third kappa shape index (κ3) is 3.27. The van der Waals surface area contributed by atoms with E-state index in [0.29, 0.717) is 18.2 Å². The van der Waals surface area contributed by atoms with Crippen LogP contribution in [0.1, 0.15) is 5.82 Å². The van der Waals surface area contributed by atoms with Crippen LogP contribution in [0.15, 0.2) is 12.3 Å². The highest BCUT2D eigenvalue weighted by atomic mass is 16.5. The molecule has 5 nitrogen and oxygen atoms in total. The average molecular weight is 197 g/mol. The molecule has 0 saturated heterocycles. The lowest BCUT2D eigenvalue weighted by Crippen LogP contribution is -2.29. The molecular formula is C9H15N3O2. The normalized spacial score (nSPS) is 12.5. The van der Waals surface area contributed by atoms with E-state index in [1.807, 2.05) is 6.92 Å². The summed E-state index contributed by atoms with van der Waals surface area (Å²) in [4.78, 5) is 8.13. The Balaban J connectivity index is 2.57. The van der Waals surface area contributed by atoms with Crippen LogP contribution in [0.2, 0.25) is 0 Å². The smallest absolute Gasteiger partial charge is 0.130 e. The topological polar surface area (TPSA) is 67.3 Å². The van der Waals surface area contributed by atoms with Crippen molar-refractivity contribution in [1.82, 2.24) is 9.97 Å². The van der Waals surface area contributed by atoms with Crippen molar-refractivity contribution in [1.29, 1.82) is 0 Å². The van der Waals surface area contributed by atoms with Crippen LogP contribution in [0.5, 0.6) is 0 Å². The van der Waals surface area contributed by atoms with Crippen LogP contribution in [-0.2, 0) is 4.74 Å². The molecule has 1 aromatic rings. The van der Waals surface area contributed by atoms with Crippen LogP contribution in [0.4, 0.5) is 5.82 Å². The molecule has 5 heteroatoms. The summed E-state index contributed by atoms with van der Waals surface area (Å²) in [6, 6.07) is 1.62. The maximum atomic E-state index is 9.00. The number of rotatable bonds is 5. The second-order valence-corrected chi connectivity index (χ2v) is 2.97. The fourth-order valence-corrected chi connectivity index (χ4v) is 1.09. The minimum Gasteiger partial charge on any atom is -0.394 e. The summed E-state index contributed by atoms with van der Waals surface area (Å²) < 4.78 is 4.93. The first-order valence-electron chi connectivity index (χ1n) is 4.42. The highest BCUT2D eigenvalue weighted by Crippen LogP contribution is 2.03. The lowest BCUT2D eigenvalue weighted by atomic mass is 10.3. The maximum Gasteiger partial charge on any atom is 0.130 e. The number of aliphatic hydroxyl groups excluding tert-OH is 1. The SMILES string of the molecule is COCC(CO)Nc1ccnc(C)n1. The summed E-state index contributed by atoms with van der Waals surface area (Å²) in [7, 11) is 1.59. The highest BCUT2D eigenvalue weighted by Gasteiger charge is 2.06. The number of anilines is 1. The van der Waals surface area contributed by atoms with Crippen LogP contribution in [0.25, 0.3) is 0 Å². The highest BCUT2D eigenvalue weighted by molar-refractivity contribution is 5.34. The van der Waals surface area contributed by atoms with Crippen molar-refractivity contribution >= 4 is 5.82 Å². The van der Waals surface area contributed by atoms with Crippen LogP contribution in [-0.4, -0.2) is 41.4 Å². The van der Waals surface area contributed by atoms with Gasteiger partial charge in [0, 0.05) is 13.3 Å². The molecule has 0 spiro atoms. The van der Waals surface area contributed by atoms with Crippen molar-refractivity contribution in [2.45, 2.75) is 13.0 Å². The number of methoxy groups -OCH3 is 1. The van der Waals surface area contributed by atoms with Crippen LogP contribution in [0, 0.1) is 6.92 Å². The Hall–Kier alpha value is -1.20. The van der Waals surface area contributed by atoms with Gasteiger partial charge in [-0.2, -0.15) is 0 Å². The first-order valence-corrected chi connectivity index (χ1v) is 4.42. The Kier molecular flexibility index (Phi) is 4.28. The van der Waals surface area contributed by atoms with Gasteiger partial charge >= 0.3 is 0 Å². The van der Waals surface area contributed by atoms with Gasteiger partial charge in [-0.3, -0.25) is 0 Å². The third-order valence-electron chi connectivity index (χ3n) is 1.72. The van der Waals surface area contributed by atoms with Gasteiger partial charge < -0.3 is 15.2 Å². The lowest BCUT2D eigenvalue weighted by Gasteiger charge is -2.15. The van der Waals surface area contributed by atoms with E-state index in [1.165, 1.54) is 0 Å². The molecule has 0 saturated carbocycles. The predicted octanol–water partition coefficient (Wildman–Crippen LogP) is 0.204. The second kappa shape index (κ2) is 5.51. The quantitative estimate of drug-likeness (QED) is 0.706. The Morgan fingerprint density at radius 3 is 3.00 bits per heavy atom. The molecule has 1 aromatic heterocycles. The molecule has 0 aliphatic rings. The Labute approximate surface area is 83.2 Å². The van der Waals surface area contributed by atoms with Crippen LogP contribution in [0.3, 0.4) is 0 Å². The summed E-state index contributed by atoms with van der Waals surface area (Å²) in [5.41, 5.74) is 0. The minimum atomic E-state index is -0.130. The molecule has 2 N–H and O–H groups in total. The summed E-state index contributed by atoms with van der Waals surface area (Å²) in [5.74, 6) is 1.40. The van der Waals surface area contributed by atoms with Gasteiger partial charge in [-0.1, -0.05) is 0 Å². The number of aryl methyl sites for hydroxylation is 1. The largest absolute Gasteiger partial charge is 0.394 e. The van der Waals surface area contributed by atoms with E-state index >= 15 is 0 Å². The van der Waals surface area contributed by atoms with Gasteiger partial charge in [0.2, 0.25) is 0 Å². The molecule has 1 atom stereocenters. The minimum absolute atomic E-state index is 0.0108. The van der Waals surface area contributed by atoms with E-state index in [4.69, 9.17) is 9.84 Å². The Morgan fingerprint density at radius 2 is 2.43 bits per heavy atom. The van der Waals surface area contributed by atoms with Gasteiger partial charge in [0.15, 0.2) is 0 Å². The van der Waals surface area contributed by atoms with Gasteiger partial charge in [-0.25, -0.2) is 9.97 Å². The molecule has 0 amide bonds. The average Bonchev–Trinajstić information content (AvgIpc) is 2.17. The van der Waals surface area contributed by atoms with E-state index in [-0.39, 0.29) is 12.6 Å². The van der Waals surface area contributed by atoms with Crippen molar-refractivity contribution in [3.63, 3.8) is 0 Å². The molecule has 0 aliphatic heterocycles. The first-order chi connectivity index (χ1) is 6.76. The standard InChI is InChI=1S/C9H15N3O2/c1-7-10-4-3-9(11-7)12-8(5-13)6-14-2/h3-4,8,13H,5-6H2,1-2H3,(H,10,11,12). The molecule has 1 heterocycles. The van der Waals surface area contributed by atoms with E-state index in [9.17, 15) is 0 Å².